The molecule has 2 N–H and O–H groups in total. The first-order chi connectivity index (χ1) is 9.97. The van der Waals surface area contributed by atoms with Gasteiger partial charge in [0.1, 0.15) is 17.7 Å². The molecule has 2 aromatic carbocycles. The summed E-state index contributed by atoms with van der Waals surface area (Å²) in [6, 6.07) is 6.31. The SMILES string of the molecule is O=C1Cc2cc(C(O)c3c(F)cccc3F)c(Cl)cc2N1. The lowest BCUT2D eigenvalue weighted by Crippen LogP contribution is -2.07. The molecule has 0 fully saturated rings. The predicted octanol–water partition coefficient (Wildman–Crippen LogP) is 3.19. The van der Waals surface area contributed by atoms with Crippen LogP contribution in [0.25, 0.3) is 0 Å². The minimum atomic E-state index is -1.54. The van der Waals surface area contributed by atoms with Gasteiger partial charge in [-0.05, 0) is 29.8 Å². The zero-order chi connectivity index (χ0) is 15.1. The molecule has 0 aromatic heterocycles. The van der Waals surface area contributed by atoms with Crippen molar-refractivity contribution in [1.82, 2.24) is 0 Å². The molecule has 3 nitrogen and oxygen atoms in total. The highest BCUT2D eigenvalue weighted by molar-refractivity contribution is 6.32. The van der Waals surface area contributed by atoms with Crippen LogP contribution in [-0.4, -0.2) is 11.0 Å². The van der Waals surface area contributed by atoms with Crippen molar-refractivity contribution in [1.29, 1.82) is 0 Å². The largest absolute Gasteiger partial charge is 0.383 e. The molecular formula is C15H10ClF2NO2. The molecular weight excluding hydrogens is 300 g/mol. The summed E-state index contributed by atoms with van der Waals surface area (Å²) in [5.74, 6) is -1.90. The second-order valence-electron chi connectivity index (χ2n) is 4.79. The maximum absolute atomic E-state index is 13.7. The van der Waals surface area contributed by atoms with Crippen LogP contribution < -0.4 is 5.32 Å². The minimum absolute atomic E-state index is 0.131. The fraction of sp³-hybridized carbons (Fsp3) is 0.133. The average Bonchev–Trinajstić information content (AvgIpc) is 2.76. The first-order valence-corrected chi connectivity index (χ1v) is 6.59. The zero-order valence-electron chi connectivity index (χ0n) is 10.7. The van der Waals surface area contributed by atoms with Gasteiger partial charge in [-0.1, -0.05) is 17.7 Å². The fourth-order valence-electron chi connectivity index (χ4n) is 2.40. The number of fused-ring (bicyclic) bond motifs is 1. The number of anilines is 1. The van der Waals surface area contributed by atoms with Crippen molar-refractivity contribution in [2.45, 2.75) is 12.5 Å². The van der Waals surface area contributed by atoms with Crippen molar-refractivity contribution >= 4 is 23.2 Å². The molecule has 6 heteroatoms. The lowest BCUT2D eigenvalue weighted by atomic mass is 9.97. The van der Waals surface area contributed by atoms with Gasteiger partial charge in [0, 0.05) is 16.3 Å². The van der Waals surface area contributed by atoms with Gasteiger partial charge in [-0.3, -0.25) is 4.79 Å². The van der Waals surface area contributed by atoms with Crippen LogP contribution in [0.4, 0.5) is 14.5 Å². The highest BCUT2D eigenvalue weighted by atomic mass is 35.5. The van der Waals surface area contributed by atoms with Crippen LogP contribution in [-0.2, 0) is 11.2 Å². The number of nitrogens with one attached hydrogen (secondary N) is 1. The van der Waals surface area contributed by atoms with Gasteiger partial charge in [0.05, 0.1) is 12.0 Å². The Balaban J connectivity index is 2.09. The lowest BCUT2D eigenvalue weighted by Gasteiger charge is -2.16. The smallest absolute Gasteiger partial charge is 0.228 e. The third-order valence-corrected chi connectivity index (χ3v) is 3.74. The zero-order valence-corrected chi connectivity index (χ0v) is 11.4. The summed E-state index contributed by atoms with van der Waals surface area (Å²) < 4.78 is 27.5. The Labute approximate surface area is 124 Å². The quantitative estimate of drug-likeness (QED) is 0.895. The molecule has 0 saturated carbocycles. The third kappa shape index (κ3) is 2.39. The molecule has 1 aliphatic heterocycles. The standard InChI is InChI=1S/C15H10ClF2NO2/c16-9-6-12-7(5-13(20)19-12)4-8(9)15(21)14-10(17)2-1-3-11(14)18/h1-4,6,15,21H,5H2,(H,19,20). The summed E-state index contributed by atoms with van der Waals surface area (Å²) in [5.41, 5.74) is 0.887. The van der Waals surface area contributed by atoms with Gasteiger partial charge in [-0.15, -0.1) is 0 Å². The molecule has 2 aromatic rings. The fourth-order valence-corrected chi connectivity index (χ4v) is 2.67. The average molecular weight is 310 g/mol. The van der Waals surface area contributed by atoms with E-state index in [-0.39, 0.29) is 22.9 Å². The molecule has 0 saturated heterocycles. The van der Waals surface area contributed by atoms with Crippen LogP contribution in [0.5, 0.6) is 0 Å². The Morgan fingerprint density at radius 3 is 2.57 bits per heavy atom. The molecule has 1 heterocycles. The summed E-state index contributed by atoms with van der Waals surface area (Å²) in [6.45, 7) is 0. The lowest BCUT2D eigenvalue weighted by molar-refractivity contribution is -0.115. The molecule has 1 amide bonds. The van der Waals surface area contributed by atoms with E-state index in [9.17, 15) is 18.7 Å². The van der Waals surface area contributed by atoms with Crippen LogP contribution in [0.15, 0.2) is 30.3 Å². The number of halogens is 3. The molecule has 108 valence electrons. The highest BCUT2D eigenvalue weighted by Gasteiger charge is 2.25. The van der Waals surface area contributed by atoms with Crippen molar-refractivity contribution in [2.24, 2.45) is 0 Å². The number of benzene rings is 2. The second kappa shape index (κ2) is 5.09. The predicted molar refractivity (Wildman–Crippen MR) is 74.2 cm³/mol. The number of aliphatic hydroxyl groups is 1. The molecule has 1 aliphatic rings. The Morgan fingerprint density at radius 1 is 1.24 bits per heavy atom. The number of carbonyl (C=O) groups is 1. The van der Waals surface area contributed by atoms with E-state index in [1.54, 1.807) is 0 Å². The van der Waals surface area contributed by atoms with Gasteiger partial charge >= 0.3 is 0 Å². The van der Waals surface area contributed by atoms with Crippen molar-refractivity contribution in [3.63, 3.8) is 0 Å². The van der Waals surface area contributed by atoms with Crippen molar-refractivity contribution < 1.29 is 18.7 Å². The van der Waals surface area contributed by atoms with E-state index in [0.29, 0.717) is 11.3 Å². The van der Waals surface area contributed by atoms with Gasteiger partial charge in [0.15, 0.2) is 0 Å². The molecule has 3 rings (SSSR count). The van der Waals surface area contributed by atoms with Crippen molar-refractivity contribution in [3.05, 3.63) is 63.7 Å². The maximum atomic E-state index is 13.7. The molecule has 1 unspecified atom stereocenters. The number of rotatable bonds is 2. The second-order valence-corrected chi connectivity index (χ2v) is 5.20. The van der Waals surface area contributed by atoms with Crippen molar-refractivity contribution in [2.75, 3.05) is 5.32 Å². The summed E-state index contributed by atoms with van der Waals surface area (Å²) >= 11 is 6.05. The first kappa shape index (κ1) is 14.0. The van der Waals surface area contributed by atoms with E-state index >= 15 is 0 Å². The van der Waals surface area contributed by atoms with E-state index in [1.807, 2.05) is 0 Å². The monoisotopic (exact) mass is 309 g/mol. The van der Waals surface area contributed by atoms with Gasteiger partial charge < -0.3 is 10.4 Å². The van der Waals surface area contributed by atoms with Gasteiger partial charge in [-0.2, -0.15) is 0 Å². The van der Waals surface area contributed by atoms with Gasteiger partial charge in [0.2, 0.25) is 5.91 Å². The van der Waals surface area contributed by atoms with Crippen LogP contribution in [0.3, 0.4) is 0 Å². The Bertz CT molecular complexity index is 728. The maximum Gasteiger partial charge on any atom is 0.228 e. The number of carbonyl (C=O) groups excluding carboxylic acids is 1. The normalized spacial score (nSPS) is 14.8. The summed E-state index contributed by atoms with van der Waals surface area (Å²) in [6.07, 6.45) is -1.40. The van der Waals surface area contributed by atoms with E-state index in [2.05, 4.69) is 5.32 Å². The minimum Gasteiger partial charge on any atom is -0.383 e. The number of amides is 1. The summed E-state index contributed by atoms with van der Waals surface area (Å²) in [5, 5.41) is 13.0. The van der Waals surface area contributed by atoms with Crippen LogP contribution in [0.1, 0.15) is 22.8 Å². The van der Waals surface area contributed by atoms with Crippen molar-refractivity contribution in [3.8, 4) is 0 Å². The molecule has 0 aliphatic carbocycles. The first-order valence-electron chi connectivity index (χ1n) is 6.21. The van der Waals surface area contributed by atoms with E-state index in [1.165, 1.54) is 18.2 Å². The molecule has 21 heavy (non-hydrogen) atoms. The number of aliphatic hydroxyl groups excluding tert-OH is 1. The summed E-state index contributed by atoms with van der Waals surface area (Å²) in [7, 11) is 0. The Hall–Kier alpha value is -1.98. The van der Waals surface area contributed by atoms with Crippen LogP contribution in [0, 0.1) is 11.6 Å². The van der Waals surface area contributed by atoms with Crippen LogP contribution >= 0.6 is 11.6 Å². The topological polar surface area (TPSA) is 49.3 Å². The highest BCUT2D eigenvalue weighted by Crippen LogP contribution is 2.36. The third-order valence-electron chi connectivity index (χ3n) is 3.42. The summed E-state index contributed by atoms with van der Waals surface area (Å²) in [4.78, 5) is 11.3. The molecule has 0 radical (unpaired) electrons. The van der Waals surface area contributed by atoms with Gasteiger partial charge in [0.25, 0.3) is 0 Å². The molecule has 0 bridgehead atoms. The van der Waals surface area contributed by atoms with Gasteiger partial charge in [-0.25, -0.2) is 8.78 Å². The molecule has 0 spiro atoms. The Kier molecular flexibility index (Phi) is 3.39. The Morgan fingerprint density at radius 2 is 1.90 bits per heavy atom. The van der Waals surface area contributed by atoms with Crippen LogP contribution in [0.2, 0.25) is 5.02 Å². The van der Waals surface area contributed by atoms with E-state index in [0.717, 1.165) is 12.1 Å². The number of hydrogen-bond donors (Lipinski definition) is 2. The number of hydrogen-bond acceptors (Lipinski definition) is 2. The van der Waals surface area contributed by atoms with E-state index < -0.39 is 23.3 Å². The van der Waals surface area contributed by atoms with E-state index in [4.69, 9.17) is 11.6 Å². The molecule has 1 atom stereocenters.